The third-order valence-corrected chi connectivity index (χ3v) is 4.80. The van der Waals surface area contributed by atoms with Crippen molar-refractivity contribution in [3.05, 3.63) is 90.7 Å². The minimum Gasteiger partial charge on any atom is -0.497 e. The molecule has 0 aliphatic rings. The maximum atomic E-state index is 13.3. The van der Waals surface area contributed by atoms with Crippen LogP contribution in [-0.4, -0.2) is 19.2 Å². The van der Waals surface area contributed by atoms with Crippen molar-refractivity contribution < 1.29 is 13.9 Å². The van der Waals surface area contributed by atoms with Crippen LogP contribution in [0, 0.1) is 5.82 Å². The highest BCUT2D eigenvalue weighted by Gasteiger charge is 2.12. The first-order valence-corrected chi connectivity index (χ1v) is 9.24. The molecule has 29 heavy (non-hydrogen) atoms. The smallest absolute Gasteiger partial charge is 0.123 e. The average Bonchev–Trinajstić information content (AvgIpc) is 2.79. The van der Waals surface area contributed by atoms with Gasteiger partial charge in [-0.3, -0.25) is 0 Å². The van der Waals surface area contributed by atoms with E-state index < -0.39 is 0 Å². The minimum atomic E-state index is -0.265. The Bertz CT molecular complexity index is 1110. The van der Waals surface area contributed by atoms with Crippen molar-refractivity contribution in [2.24, 2.45) is 0 Å². The molecule has 4 aromatic rings. The van der Waals surface area contributed by atoms with E-state index in [0.717, 1.165) is 45.1 Å². The van der Waals surface area contributed by atoms with Crippen LogP contribution in [0.2, 0.25) is 0 Å². The Morgan fingerprint density at radius 2 is 1.10 bits per heavy atom. The van der Waals surface area contributed by atoms with Gasteiger partial charge in [-0.1, -0.05) is 18.2 Å². The summed E-state index contributed by atoms with van der Waals surface area (Å²) in [7, 11) is 3.29. The van der Waals surface area contributed by atoms with Crippen LogP contribution in [0.4, 0.5) is 4.39 Å². The quantitative estimate of drug-likeness (QED) is 0.407. The van der Waals surface area contributed by atoms with Crippen LogP contribution in [-0.2, 0) is 0 Å². The molecule has 0 spiro atoms. The molecule has 0 atom stereocenters. The number of aromatic nitrogens is 1. The van der Waals surface area contributed by atoms with Gasteiger partial charge in [0.25, 0.3) is 0 Å². The monoisotopic (exact) mass is 385 g/mol. The molecule has 0 unspecified atom stereocenters. The Balaban J connectivity index is 1.85. The summed E-state index contributed by atoms with van der Waals surface area (Å²) in [5, 5.41) is 0. The largest absolute Gasteiger partial charge is 0.497 e. The number of nitrogens with zero attached hydrogens (tertiary/aromatic N) is 1. The van der Waals surface area contributed by atoms with Crippen LogP contribution in [0.15, 0.2) is 84.9 Å². The predicted molar refractivity (Wildman–Crippen MR) is 114 cm³/mol. The zero-order chi connectivity index (χ0) is 20.2. The van der Waals surface area contributed by atoms with Gasteiger partial charge < -0.3 is 9.47 Å². The van der Waals surface area contributed by atoms with E-state index in [1.54, 1.807) is 26.4 Å². The van der Waals surface area contributed by atoms with Crippen LogP contribution < -0.4 is 9.47 Å². The SMILES string of the molecule is COc1ccc(-c2ccc(-c3ccc(F)cc3)nc2-c2ccc(OC)cc2)cc1. The number of rotatable bonds is 5. The van der Waals surface area contributed by atoms with E-state index in [4.69, 9.17) is 14.5 Å². The van der Waals surface area contributed by atoms with E-state index in [9.17, 15) is 4.39 Å². The lowest BCUT2D eigenvalue weighted by molar-refractivity contribution is 0.414. The van der Waals surface area contributed by atoms with Crippen molar-refractivity contribution in [1.29, 1.82) is 0 Å². The standard InChI is InChI=1S/C25H20FNO2/c1-28-21-11-5-17(6-12-21)23-15-16-24(18-3-9-20(26)10-4-18)27-25(23)19-7-13-22(29-2)14-8-19/h3-16H,1-2H3. The summed E-state index contributed by atoms with van der Waals surface area (Å²) in [6.07, 6.45) is 0. The molecular formula is C25H20FNO2. The Hall–Kier alpha value is -3.66. The summed E-state index contributed by atoms with van der Waals surface area (Å²) >= 11 is 0. The van der Waals surface area contributed by atoms with E-state index in [0.29, 0.717) is 0 Å². The van der Waals surface area contributed by atoms with Crippen molar-refractivity contribution >= 4 is 0 Å². The molecule has 0 radical (unpaired) electrons. The Labute approximate surface area is 169 Å². The number of pyridine rings is 1. The first-order valence-electron chi connectivity index (χ1n) is 9.24. The zero-order valence-corrected chi connectivity index (χ0v) is 16.2. The topological polar surface area (TPSA) is 31.4 Å². The van der Waals surface area contributed by atoms with Crippen molar-refractivity contribution in [3.63, 3.8) is 0 Å². The lowest BCUT2D eigenvalue weighted by Crippen LogP contribution is -1.93. The van der Waals surface area contributed by atoms with Gasteiger partial charge in [-0.2, -0.15) is 0 Å². The molecule has 0 saturated carbocycles. The number of benzene rings is 3. The fourth-order valence-corrected chi connectivity index (χ4v) is 3.21. The van der Waals surface area contributed by atoms with Crippen LogP contribution in [0.5, 0.6) is 11.5 Å². The number of halogens is 1. The van der Waals surface area contributed by atoms with Crippen LogP contribution in [0.25, 0.3) is 33.6 Å². The summed E-state index contributed by atoms with van der Waals surface area (Å²) in [5.41, 5.74) is 5.51. The molecule has 3 aromatic carbocycles. The number of ether oxygens (including phenoxy) is 2. The molecule has 144 valence electrons. The van der Waals surface area contributed by atoms with Gasteiger partial charge in [-0.25, -0.2) is 9.37 Å². The molecule has 1 aromatic heterocycles. The molecule has 3 nitrogen and oxygen atoms in total. The highest BCUT2D eigenvalue weighted by molar-refractivity contribution is 5.83. The van der Waals surface area contributed by atoms with Gasteiger partial charge in [0, 0.05) is 16.7 Å². The van der Waals surface area contributed by atoms with E-state index in [2.05, 4.69) is 0 Å². The summed E-state index contributed by atoms with van der Waals surface area (Å²) in [6, 6.07) is 26.1. The van der Waals surface area contributed by atoms with Crippen molar-refractivity contribution in [2.75, 3.05) is 14.2 Å². The van der Waals surface area contributed by atoms with E-state index in [1.807, 2.05) is 60.7 Å². The average molecular weight is 385 g/mol. The molecule has 0 saturated heterocycles. The van der Waals surface area contributed by atoms with Crippen LogP contribution >= 0.6 is 0 Å². The molecule has 1 heterocycles. The van der Waals surface area contributed by atoms with Gasteiger partial charge in [-0.05, 0) is 72.3 Å². The highest BCUT2D eigenvalue weighted by Crippen LogP contribution is 2.34. The van der Waals surface area contributed by atoms with Crippen molar-refractivity contribution in [2.45, 2.75) is 0 Å². The summed E-state index contributed by atoms with van der Waals surface area (Å²) in [5.74, 6) is 1.32. The van der Waals surface area contributed by atoms with Gasteiger partial charge in [0.05, 0.1) is 25.6 Å². The third kappa shape index (κ3) is 3.97. The Kier molecular flexibility index (Phi) is 5.25. The summed E-state index contributed by atoms with van der Waals surface area (Å²) in [6.45, 7) is 0. The molecule has 0 fully saturated rings. The molecule has 0 N–H and O–H groups in total. The Morgan fingerprint density at radius 3 is 1.66 bits per heavy atom. The maximum absolute atomic E-state index is 13.3. The fourth-order valence-electron chi connectivity index (χ4n) is 3.21. The number of methoxy groups -OCH3 is 2. The first-order chi connectivity index (χ1) is 14.2. The summed E-state index contributed by atoms with van der Waals surface area (Å²) in [4.78, 5) is 4.92. The lowest BCUT2D eigenvalue weighted by Gasteiger charge is -2.13. The van der Waals surface area contributed by atoms with Crippen molar-refractivity contribution in [3.8, 4) is 45.1 Å². The second-order valence-electron chi connectivity index (χ2n) is 6.56. The van der Waals surface area contributed by atoms with Crippen molar-refractivity contribution in [1.82, 2.24) is 4.98 Å². The first kappa shape index (κ1) is 18.7. The molecule has 4 heteroatoms. The number of hydrogen-bond acceptors (Lipinski definition) is 3. The number of hydrogen-bond donors (Lipinski definition) is 0. The predicted octanol–water partition coefficient (Wildman–Crippen LogP) is 6.24. The third-order valence-electron chi connectivity index (χ3n) is 4.80. The van der Waals surface area contributed by atoms with Gasteiger partial charge in [-0.15, -0.1) is 0 Å². The molecule has 0 aliphatic heterocycles. The summed E-state index contributed by atoms with van der Waals surface area (Å²) < 4.78 is 23.9. The fraction of sp³-hybridized carbons (Fsp3) is 0.0800. The normalized spacial score (nSPS) is 10.6. The minimum absolute atomic E-state index is 0.265. The van der Waals surface area contributed by atoms with Gasteiger partial charge in [0.15, 0.2) is 0 Å². The van der Waals surface area contributed by atoms with E-state index in [1.165, 1.54) is 12.1 Å². The zero-order valence-electron chi connectivity index (χ0n) is 16.2. The molecule has 0 bridgehead atoms. The van der Waals surface area contributed by atoms with Gasteiger partial charge >= 0.3 is 0 Å². The van der Waals surface area contributed by atoms with E-state index in [-0.39, 0.29) is 5.82 Å². The van der Waals surface area contributed by atoms with Crippen LogP contribution in [0.3, 0.4) is 0 Å². The Morgan fingerprint density at radius 1 is 0.586 bits per heavy atom. The maximum Gasteiger partial charge on any atom is 0.123 e. The molecule has 4 rings (SSSR count). The lowest BCUT2D eigenvalue weighted by atomic mass is 9.97. The molecule has 0 amide bonds. The second-order valence-corrected chi connectivity index (χ2v) is 6.56. The molecule has 0 aliphatic carbocycles. The highest BCUT2D eigenvalue weighted by atomic mass is 19.1. The van der Waals surface area contributed by atoms with Crippen LogP contribution in [0.1, 0.15) is 0 Å². The molecular weight excluding hydrogens is 365 g/mol. The van der Waals surface area contributed by atoms with Gasteiger partial charge in [0.1, 0.15) is 17.3 Å². The van der Waals surface area contributed by atoms with E-state index >= 15 is 0 Å². The van der Waals surface area contributed by atoms with Gasteiger partial charge in [0.2, 0.25) is 0 Å². The second kappa shape index (κ2) is 8.15.